The lowest BCUT2D eigenvalue weighted by Gasteiger charge is -2.19. The molecule has 0 aromatic carbocycles. The summed E-state index contributed by atoms with van der Waals surface area (Å²) in [5, 5.41) is 11.4. The van der Waals surface area contributed by atoms with Crippen molar-refractivity contribution in [1.82, 2.24) is 5.32 Å². The number of aliphatic carboxylic acids is 1. The van der Waals surface area contributed by atoms with Crippen molar-refractivity contribution in [3.8, 4) is 0 Å². The molecule has 2 bridgehead atoms. The van der Waals surface area contributed by atoms with E-state index < -0.39 is 23.9 Å². The zero-order valence-electron chi connectivity index (χ0n) is 7.64. The molecule has 2 aliphatic rings. The van der Waals surface area contributed by atoms with Crippen LogP contribution < -0.4 is 5.32 Å². The number of nitrogens with one attached hydrogen (secondary N) is 1. The molecule has 0 aromatic heterocycles. The number of carbonyl (C=O) groups is 2. The van der Waals surface area contributed by atoms with E-state index in [0.717, 1.165) is 0 Å². The number of carbonyl (C=O) groups excluding carboxylic acids is 1. The van der Waals surface area contributed by atoms with Gasteiger partial charge in [0.2, 0.25) is 5.91 Å². The van der Waals surface area contributed by atoms with Gasteiger partial charge in [-0.2, -0.15) is 0 Å². The third-order valence-corrected chi connectivity index (χ3v) is 2.73. The van der Waals surface area contributed by atoms with Gasteiger partial charge in [-0.1, -0.05) is 12.2 Å². The van der Waals surface area contributed by atoms with Gasteiger partial charge in [0.1, 0.15) is 5.92 Å². The van der Waals surface area contributed by atoms with Gasteiger partial charge in [-0.15, -0.1) is 0 Å². The van der Waals surface area contributed by atoms with Crippen LogP contribution in [0.3, 0.4) is 0 Å². The summed E-state index contributed by atoms with van der Waals surface area (Å²) < 4.78 is 5.33. The van der Waals surface area contributed by atoms with E-state index in [9.17, 15) is 9.59 Å². The van der Waals surface area contributed by atoms with Crippen molar-refractivity contribution in [2.45, 2.75) is 12.2 Å². The fraction of sp³-hybridized carbons (Fsp3) is 0.556. The van der Waals surface area contributed by atoms with Crippen molar-refractivity contribution in [3.63, 3.8) is 0 Å². The number of rotatable bonds is 2. The van der Waals surface area contributed by atoms with Crippen LogP contribution in [0.5, 0.6) is 0 Å². The Balaban J connectivity index is 2.26. The van der Waals surface area contributed by atoms with E-state index in [4.69, 9.17) is 9.84 Å². The fourth-order valence-electron chi connectivity index (χ4n) is 2.08. The molecule has 3 unspecified atom stereocenters. The maximum Gasteiger partial charge on any atom is 0.310 e. The Kier molecular flexibility index (Phi) is 2.03. The third kappa shape index (κ3) is 1.13. The van der Waals surface area contributed by atoms with Gasteiger partial charge in [-0.3, -0.25) is 9.59 Å². The van der Waals surface area contributed by atoms with Gasteiger partial charge in [0.25, 0.3) is 0 Å². The van der Waals surface area contributed by atoms with E-state index in [1.54, 1.807) is 12.2 Å². The minimum absolute atomic E-state index is 0.269. The molecule has 0 aliphatic carbocycles. The van der Waals surface area contributed by atoms with Crippen LogP contribution in [0, 0.1) is 11.8 Å². The Morgan fingerprint density at radius 1 is 1.29 bits per heavy atom. The van der Waals surface area contributed by atoms with Crippen molar-refractivity contribution in [3.05, 3.63) is 12.2 Å². The van der Waals surface area contributed by atoms with Gasteiger partial charge in [0.05, 0.1) is 18.1 Å². The van der Waals surface area contributed by atoms with Crippen LogP contribution >= 0.6 is 0 Å². The zero-order chi connectivity index (χ0) is 10.3. The number of hydrogen-bond donors (Lipinski definition) is 2. The molecule has 76 valence electrons. The van der Waals surface area contributed by atoms with Gasteiger partial charge < -0.3 is 15.2 Å². The predicted octanol–water partition coefficient (Wildman–Crippen LogP) is -0.613. The predicted molar refractivity (Wildman–Crippen MR) is 46.5 cm³/mol. The normalized spacial score (nSPS) is 38.6. The van der Waals surface area contributed by atoms with Gasteiger partial charge in [-0.25, -0.2) is 0 Å². The molecule has 0 saturated carbocycles. The molecule has 0 aromatic rings. The third-order valence-electron chi connectivity index (χ3n) is 2.73. The summed E-state index contributed by atoms with van der Waals surface area (Å²) >= 11 is 0. The number of carboxylic acid groups (broad SMARTS) is 1. The highest BCUT2D eigenvalue weighted by Crippen LogP contribution is 2.39. The zero-order valence-corrected chi connectivity index (χ0v) is 7.64. The summed E-state index contributed by atoms with van der Waals surface area (Å²) in [4.78, 5) is 22.4. The second kappa shape index (κ2) is 3.09. The molecule has 1 amide bonds. The van der Waals surface area contributed by atoms with E-state index in [1.165, 1.54) is 7.05 Å². The van der Waals surface area contributed by atoms with Crippen LogP contribution in [0.25, 0.3) is 0 Å². The Hall–Kier alpha value is -1.36. The van der Waals surface area contributed by atoms with Crippen molar-refractivity contribution in [1.29, 1.82) is 0 Å². The molecule has 5 heteroatoms. The molecule has 2 N–H and O–H groups in total. The van der Waals surface area contributed by atoms with Crippen molar-refractivity contribution in [2.24, 2.45) is 11.8 Å². The van der Waals surface area contributed by atoms with Crippen LogP contribution in [0.4, 0.5) is 0 Å². The highest BCUT2D eigenvalue weighted by molar-refractivity contribution is 5.87. The maximum atomic E-state index is 11.4. The van der Waals surface area contributed by atoms with Crippen LogP contribution in [-0.4, -0.2) is 36.2 Å². The Morgan fingerprint density at radius 2 is 1.86 bits per heavy atom. The van der Waals surface area contributed by atoms with Gasteiger partial charge in [0, 0.05) is 7.05 Å². The molecule has 14 heavy (non-hydrogen) atoms. The average molecular weight is 197 g/mol. The molecule has 0 radical (unpaired) electrons. The standard InChI is InChI=1S/C9H11NO4/c1-10-8(11)6-4-2-3-5(14-4)7(6)9(12)13/h2-7H,1H3,(H,10,11)(H,12,13)/t4-,5?,6?,7?/m1/s1. The first-order valence-electron chi connectivity index (χ1n) is 4.43. The second-order valence-corrected chi connectivity index (χ2v) is 3.45. The minimum atomic E-state index is -0.976. The molecule has 1 saturated heterocycles. The van der Waals surface area contributed by atoms with E-state index in [-0.39, 0.29) is 12.0 Å². The number of hydrogen-bond acceptors (Lipinski definition) is 3. The molecule has 2 rings (SSSR count). The molecule has 4 atom stereocenters. The number of fused-ring (bicyclic) bond motifs is 2. The van der Waals surface area contributed by atoms with Crippen molar-refractivity contribution in [2.75, 3.05) is 7.05 Å². The Labute approximate surface area is 80.7 Å². The summed E-state index contributed by atoms with van der Waals surface area (Å²) in [6.45, 7) is 0. The van der Waals surface area contributed by atoms with E-state index in [2.05, 4.69) is 5.32 Å². The summed E-state index contributed by atoms with van der Waals surface area (Å²) in [5.74, 6) is -2.58. The van der Waals surface area contributed by atoms with Gasteiger partial charge >= 0.3 is 5.97 Å². The van der Waals surface area contributed by atoms with Crippen molar-refractivity contribution >= 4 is 11.9 Å². The summed E-state index contributed by atoms with van der Waals surface area (Å²) in [5.41, 5.74) is 0. The first-order valence-corrected chi connectivity index (χ1v) is 4.43. The first kappa shape index (κ1) is 9.21. The van der Waals surface area contributed by atoms with Gasteiger partial charge in [0.15, 0.2) is 0 Å². The number of amides is 1. The number of carboxylic acids is 1. The molecule has 2 aliphatic heterocycles. The second-order valence-electron chi connectivity index (χ2n) is 3.45. The summed E-state index contributed by atoms with van der Waals surface area (Å²) in [6, 6.07) is 0. The minimum Gasteiger partial charge on any atom is -0.481 e. The van der Waals surface area contributed by atoms with Crippen LogP contribution in [0.15, 0.2) is 12.2 Å². The summed E-state index contributed by atoms with van der Waals surface area (Å²) in [7, 11) is 1.50. The van der Waals surface area contributed by atoms with Gasteiger partial charge in [-0.05, 0) is 0 Å². The van der Waals surface area contributed by atoms with Crippen LogP contribution in [0.2, 0.25) is 0 Å². The smallest absolute Gasteiger partial charge is 0.310 e. The molecule has 0 spiro atoms. The first-order chi connectivity index (χ1) is 6.65. The van der Waals surface area contributed by atoms with E-state index >= 15 is 0 Å². The maximum absolute atomic E-state index is 11.4. The lowest BCUT2D eigenvalue weighted by Crippen LogP contribution is -2.41. The fourth-order valence-corrected chi connectivity index (χ4v) is 2.08. The van der Waals surface area contributed by atoms with Crippen LogP contribution in [0.1, 0.15) is 0 Å². The topological polar surface area (TPSA) is 75.6 Å². The Morgan fingerprint density at radius 3 is 2.36 bits per heavy atom. The van der Waals surface area contributed by atoms with Crippen molar-refractivity contribution < 1.29 is 19.4 Å². The van der Waals surface area contributed by atoms with E-state index in [0.29, 0.717) is 0 Å². The summed E-state index contributed by atoms with van der Waals surface area (Å²) in [6.07, 6.45) is 2.65. The number of ether oxygens (including phenoxy) is 1. The molecule has 2 heterocycles. The lowest BCUT2D eigenvalue weighted by molar-refractivity contribution is -0.146. The molecule has 1 fully saturated rings. The van der Waals surface area contributed by atoms with Crippen LogP contribution in [-0.2, 0) is 14.3 Å². The highest BCUT2D eigenvalue weighted by atomic mass is 16.5. The average Bonchev–Trinajstić information content (AvgIpc) is 2.74. The molecule has 5 nitrogen and oxygen atoms in total. The van der Waals surface area contributed by atoms with E-state index in [1.807, 2.05) is 0 Å². The molecular weight excluding hydrogens is 186 g/mol. The monoisotopic (exact) mass is 197 g/mol. The molecular formula is C9H11NO4. The SMILES string of the molecule is CNC(=O)C1C(C(=O)O)C2C=C[C@H]1O2. The quantitative estimate of drug-likeness (QED) is 0.579. The lowest BCUT2D eigenvalue weighted by atomic mass is 9.82. The largest absolute Gasteiger partial charge is 0.481 e. The highest BCUT2D eigenvalue weighted by Gasteiger charge is 2.52. The Bertz CT molecular complexity index is 312.